The monoisotopic (exact) mass is 352 g/mol. The molecule has 0 aromatic heterocycles. The molecule has 7 heteroatoms. The summed E-state index contributed by atoms with van der Waals surface area (Å²) < 4.78 is 25.1. The maximum Gasteiger partial charge on any atom is 0.234 e. The van der Waals surface area contributed by atoms with Gasteiger partial charge in [0.25, 0.3) is 0 Å². The molecular weight excluding hydrogens is 336 g/mol. The fraction of sp³-hybridized carbons (Fsp3) is 0.188. The molecule has 1 unspecified atom stereocenters. The van der Waals surface area contributed by atoms with E-state index >= 15 is 0 Å². The highest BCUT2D eigenvalue weighted by Gasteiger charge is 2.24. The Morgan fingerprint density at radius 2 is 1.70 bits per heavy atom. The second-order valence-corrected chi connectivity index (χ2v) is 7.59. The van der Waals surface area contributed by atoms with Gasteiger partial charge in [-0.2, -0.15) is 0 Å². The quantitative estimate of drug-likeness (QED) is 0.474. The molecule has 0 aliphatic carbocycles. The molecule has 0 aliphatic rings. The Balaban J connectivity index is 2.30. The Bertz CT molecular complexity index is 762. The molecule has 0 spiro atoms. The summed E-state index contributed by atoms with van der Waals surface area (Å²) in [4.78, 5) is 11.9. The van der Waals surface area contributed by atoms with Gasteiger partial charge in [0.1, 0.15) is 0 Å². The third kappa shape index (κ3) is 4.79. The van der Waals surface area contributed by atoms with Crippen molar-refractivity contribution in [3.05, 3.63) is 65.2 Å². The summed E-state index contributed by atoms with van der Waals surface area (Å²) in [6.45, 7) is 0. The summed E-state index contributed by atoms with van der Waals surface area (Å²) in [7, 11) is -3.53. The van der Waals surface area contributed by atoms with Crippen LogP contribution in [0.4, 0.5) is 0 Å². The Hall–Kier alpha value is -1.89. The van der Waals surface area contributed by atoms with Crippen molar-refractivity contribution in [2.75, 3.05) is 5.75 Å². The lowest BCUT2D eigenvalue weighted by atomic mass is 9.97. The molecule has 2 aromatic rings. The van der Waals surface area contributed by atoms with E-state index in [-0.39, 0.29) is 17.1 Å². The summed E-state index contributed by atoms with van der Waals surface area (Å²) in [6, 6.07) is 14.9. The van der Waals surface area contributed by atoms with Gasteiger partial charge in [-0.05, 0) is 29.8 Å². The van der Waals surface area contributed by atoms with E-state index in [2.05, 4.69) is 0 Å². The molecule has 0 heterocycles. The molecule has 5 nitrogen and oxygen atoms in total. The number of amides is 1. The minimum absolute atomic E-state index is 0.0236. The van der Waals surface area contributed by atoms with Gasteiger partial charge in [0.15, 0.2) is 9.84 Å². The average Bonchev–Trinajstić information content (AvgIpc) is 2.55. The molecule has 2 aromatic carbocycles. The number of nitrogens with two attached hydrogens (primary N) is 1. The van der Waals surface area contributed by atoms with Crippen molar-refractivity contribution in [3.63, 3.8) is 0 Å². The van der Waals surface area contributed by atoms with Crippen LogP contribution in [0.25, 0.3) is 0 Å². The Morgan fingerprint density at radius 3 is 2.26 bits per heavy atom. The van der Waals surface area contributed by atoms with Crippen molar-refractivity contribution in [2.24, 2.45) is 5.84 Å². The molecule has 122 valence electrons. The van der Waals surface area contributed by atoms with E-state index in [0.717, 1.165) is 5.56 Å². The number of hydrazine groups is 1. The number of hydrogen-bond acceptors (Lipinski definition) is 4. The maximum absolute atomic E-state index is 12.6. The molecule has 1 amide bonds. The summed E-state index contributed by atoms with van der Waals surface area (Å²) in [5, 5.41) is 0.543. The molecule has 2 rings (SSSR count). The van der Waals surface area contributed by atoms with Crippen LogP contribution < -0.4 is 11.3 Å². The van der Waals surface area contributed by atoms with Gasteiger partial charge in [-0.15, -0.1) is 0 Å². The molecule has 3 N–H and O–H groups in total. The predicted molar refractivity (Wildman–Crippen MR) is 89.6 cm³/mol. The summed E-state index contributed by atoms with van der Waals surface area (Å²) in [5.74, 6) is 4.00. The van der Waals surface area contributed by atoms with Gasteiger partial charge in [0, 0.05) is 17.4 Å². The number of halogens is 1. The van der Waals surface area contributed by atoms with E-state index in [9.17, 15) is 13.2 Å². The lowest BCUT2D eigenvalue weighted by Gasteiger charge is -2.17. The van der Waals surface area contributed by atoms with Crippen LogP contribution in [0.3, 0.4) is 0 Å². The number of carbonyl (C=O) groups is 1. The van der Waals surface area contributed by atoms with Crippen LogP contribution in [0.15, 0.2) is 59.5 Å². The van der Waals surface area contributed by atoms with Crippen molar-refractivity contribution < 1.29 is 13.2 Å². The van der Waals surface area contributed by atoms with E-state index in [4.69, 9.17) is 17.4 Å². The Morgan fingerprint density at radius 1 is 1.09 bits per heavy atom. The number of rotatable bonds is 6. The minimum atomic E-state index is -3.53. The summed E-state index contributed by atoms with van der Waals surface area (Å²) in [5.41, 5.74) is 2.76. The first-order valence-electron chi connectivity index (χ1n) is 6.95. The van der Waals surface area contributed by atoms with Crippen LogP contribution in [0.5, 0.6) is 0 Å². The third-order valence-corrected chi connectivity index (χ3v) is 5.54. The van der Waals surface area contributed by atoms with Gasteiger partial charge >= 0.3 is 0 Å². The SMILES string of the molecule is NNC(=O)CC(CS(=O)(=O)c1ccccc1)c1ccc(Cl)cc1. The zero-order chi connectivity index (χ0) is 16.9. The zero-order valence-electron chi connectivity index (χ0n) is 12.3. The van der Waals surface area contributed by atoms with E-state index in [1.165, 1.54) is 12.1 Å². The molecule has 23 heavy (non-hydrogen) atoms. The van der Waals surface area contributed by atoms with Gasteiger partial charge in [0.05, 0.1) is 10.6 Å². The summed E-state index contributed by atoms with van der Waals surface area (Å²) >= 11 is 5.86. The average molecular weight is 353 g/mol. The van der Waals surface area contributed by atoms with E-state index in [0.29, 0.717) is 5.02 Å². The van der Waals surface area contributed by atoms with Gasteiger partial charge in [-0.25, -0.2) is 14.3 Å². The fourth-order valence-electron chi connectivity index (χ4n) is 2.28. The van der Waals surface area contributed by atoms with Crippen LogP contribution in [0.2, 0.25) is 5.02 Å². The first-order chi connectivity index (χ1) is 10.9. The van der Waals surface area contributed by atoms with Crippen molar-refractivity contribution >= 4 is 27.3 Å². The van der Waals surface area contributed by atoms with Crippen molar-refractivity contribution in [1.82, 2.24) is 5.43 Å². The third-order valence-electron chi connectivity index (χ3n) is 3.46. The Labute approximate surface area is 140 Å². The largest absolute Gasteiger partial charge is 0.294 e. The second-order valence-electron chi connectivity index (χ2n) is 5.11. The van der Waals surface area contributed by atoms with Crippen LogP contribution >= 0.6 is 11.6 Å². The van der Waals surface area contributed by atoms with Crippen molar-refractivity contribution in [3.8, 4) is 0 Å². The van der Waals surface area contributed by atoms with Crippen molar-refractivity contribution in [1.29, 1.82) is 0 Å². The molecule has 0 fully saturated rings. The highest BCUT2D eigenvalue weighted by Crippen LogP contribution is 2.26. The smallest absolute Gasteiger partial charge is 0.234 e. The molecule has 0 aliphatic heterocycles. The van der Waals surface area contributed by atoms with E-state index in [1.54, 1.807) is 42.5 Å². The number of nitrogens with one attached hydrogen (secondary N) is 1. The predicted octanol–water partition coefficient (Wildman–Crippen LogP) is 2.28. The highest BCUT2D eigenvalue weighted by atomic mass is 35.5. The van der Waals surface area contributed by atoms with Gasteiger partial charge < -0.3 is 0 Å². The number of carbonyl (C=O) groups excluding carboxylic acids is 1. The first-order valence-corrected chi connectivity index (χ1v) is 8.98. The maximum atomic E-state index is 12.6. The first kappa shape index (κ1) is 17.5. The van der Waals surface area contributed by atoms with Crippen LogP contribution in [0.1, 0.15) is 17.9 Å². The lowest BCUT2D eigenvalue weighted by Crippen LogP contribution is -2.32. The van der Waals surface area contributed by atoms with Gasteiger partial charge in [-0.1, -0.05) is 41.9 Å². The number of benzene rings is 2. The van der Waals surface area contributed by atoms with Crippen LogP contribution in [0, 0.1) is 0 Å². The standard InChI is InChI=1S/C16H17ClN2O3S/c17-14-8-6-12(7-9-14)13(10-16(20)19-18)11-23(21,22)15-4-2-1-3-5-15/h1-9,13H,10-11,18H2,(H,19,20). The van der Waals surface area contributed by atoms with Crippen molar-refractivity contribution in [2.45, 2.75) is 17.2 Å². The number of sulfone groups is 1. The second kappa shape index (κ2) is 7.59. The molecular formula is C16H17ClN2O3S. The van der Waals surface area contributed by atoms with Crippen LogP contribution in [-0.2, 0) is 14.6 Å². The van der Waals surface area contributed by atoms with E-state index in [1.807, 2.05) is 5.43 Å². The molecule has 0 saturated heterocycles. The Kier molecular flexibility index (Phi) is 5.76. The van der Waals surface area contributed by atoms with E-state index < -0.39 is 21.7 Å². The van der Waals surface area contributed by atoms with Gasteiger partial charge in [0.2, 0.25) is 5.91 Å². The fourth-order valence-corrected chi connectivity index (χ4v) is 4.01. The topological polar surface area (TPSA) is 89.3 Å². The van der Waals surface area contributed by atoms with Gasteiger partial charge in [-0.3, -0.25) is 10.2 Å². The molecule has 0 radical (unpaired) electrons. The molecule has 0 saturated carbocycles. The lowest BCUT2D eigenvalue weighted by molar-refractivity contribution is -0.121. The summed E-state index contributed by atoms with van der Waals surface area (Å²) in [6.07, 6.45) is -0.0236. The zero-order valence-corrected chi connectivity index (χ0v) is 13.8. The normalized spacial score (nSPS) is 12.6. The molecule has 0 bridgehead atoms. The van der Waals surface area contributed by atoms with Crippen LogP contribution in [-0.4, -0.2) is 20.1 Å². The molecule has 1 atom stereocenters. The minimum Gasteiger partial charge on any atom is -0.294 e. The highest BCUT2D eigenvalue weighted by molar-refractivity contribution is 7.91. The number of hydrogen-bond donors (Lipinski definition) is 2.